The van der Waals surface area contributed by atoms with E-state index in [0.29, 0.717) is 18.0 Å². The molecule has 0 spiro atoms. The van der Waals surface area contributed by atoms with Gasteiger partial charge in [-0.15, -0.1) is 0 Å². The molecule has 4 nitrogen and oxygen atoms in total. The van der Waals surface area contributed by atoms with Gasteiger partial charge in [0.05, 0.1) is 7.11 Å². The molecule has 1 aromatic carbocycles. The molecule has 1 aromatic rings. The Bertz CT molecular complexity index is 472. The summed E-state index contributed by atoms with van der Waals surface area (Å²) in [6.07, 6.45) is 1.11. The third-order valence-corrected chi connectivity index (χ3v) is 4.35. The van der Waals surface area contributed by atoms with Crippen LogP contribution in [0.1, 0.15) is 23.7 Å². The minimum absolute atomic E-state index is 0.145. The Morgan fingerprint density at radius 2 is 2.05 bits per heavy atom. The summed E-state index contributed by atoms with van der Waals surface area (Å²) in [5.41, 5.74) is 0.750. The number of hydrogen-bond acceptors (Lipinski definition) is 3. The first-order valence-electron chi connectivity index (χ1n) is 6.88. The molecule has 3 rings (SSSR count). The Morgan fingerprint density at radius 1 is 1.32 bits per heavy atom. The zero-order valence-corrected chi connectivity index (χ0v) is 11.4. The molecule has 4 heteroatoms. The first-order chi connectivity index (χ1) is 9.20. The molecule has 1 N–H and O–H groups in total. The zero-order valence-electron chi connectivity index (χ0n) is 11.4. The smallest absolute Gasteiger partial charge is 0.254 e. The van der Waals surface area contributed by atoms with Crippen molar-refractivity contribution in [3.8, 4) is 5.75 Å². The average molecular weight is 260 g/mol. The second kappa shape index (κ2) is 4.85. The summed E-state index contributed by atoms with van der Waals surface area (Å²) in [5, 5.41) is 3.39. The van der Waals surface area contributed by atoms with Gasteiger partial charge in [0.25, 0.3) is 5.91 Å². The standard InChI is InChI=1S/C15H20N2O2/c1-10-7-12-8-16-9-14(12)17(10)15(18)11-3-5-13(19-2)6-4-11/h3-6,10,12,14,16H,7-9H2,1-2H3. The van der Waals surface area contributed by atoms with E-state index in [1.165, 1.54) is 0 Å². The molecule has 0 radical (unpaired) electrons. The van der Waals surface area contributed by atoms with Gasteiger partial charge in [-0.1, -0.05) is 0 Å². The maximum absolute atomic E-state index is 12.7. The molecule has 0 bridgehead atoms. The fourth-order valence-electron chi connectivity index (χ4n) is 3.40. The van der Waals surface area contributed by atoms with E-state index in [2.05, 4.69) is 17.1 Å². The topological polar surface area (TPSA) is 41.6 Å². The van der Waals surface area contributed by atoms with Crippen molar-refractivity contribution in [2.45, 2.75) is 25.4 Å². The van der Waals surface area contributed by atoms with Crippen molar-refractivity contribution in [1.82, 2.24) is 10.2 Å². The van der Waals surface area contributed by atoms with Gasteiger partial charge in [-0.2, -0.15) is 0 Å². The molecule has 1 amide bonds. The van der Waals surface area contributed by atoms with E-state index in [4.69, 9.17) is 4.74 Å². The molecule has 0 aliphatic carbocycles. The number of methoxy groups -OCH3 is 1. The highest BCUT2D eigenvalue weighted by Crippen LogP contribution is 2.33. The minimum Gasteiger partial charge on any atom is -0.497 e. The third-order valence-electron chi connectivity index (χ3n) is 4.35. The Hall–Kier alpha value is -1.55. The van der Waals surface area contributed by atoms with Crippen molar-refractivity contribution < 1.29 is 9.53 Å². The Morgan fingerprint density at radius 3 is 2.74 bits per heavy atom. The summed E-state index contributed by atoms with van der Waals surface area (Å²) < 4.78 is 5.13. The Balaban J connectivity index is 1.82. The van der Waals surface area contributed by atoms with Gasteiger partial charge in [0.1, 0.15) is 5.75 Å². The normalized spacial score (nSPS) is 29.4. The molecule has 3 atom stereocenters. The van der Waals surface area contributed by atoms with Crippen molar-refractivity contribution in [3.05, 3.63) is 29.8 Å². The van der Waals surface area contributed by atoms with Crippen LogP contribution in [0, 0.1) is 5.92 Å². The van der Waals surface area contributed by atoms with Gasteiger partial charge in [-0.3, -0.25) is 4.79 Å². The van der Waals surface area contributed by atoms with Crippen LogP contribution in [0.4, 0.5) is 0 Å². The van der Waals surface area contributed by atoms with Crippen LogP contribution in [0.5, 0.6) is 5.75 Å². The summed E-state index contributed by atoms with van der Waals surface area (Å²) in [4.78, 5) is 14.7. The van der Waals surface area contributed by atoms with E-state index in [1.807, 2.05) is 24.3 Å². The number of rotatable bonds is 2. The van der Waals surface area contributed by atoms with E-state index in [0.717, 1.165) is 30.8 Å². The van der Waals surface area contributed by atoms with Crippen LogP contribution in [-0.4, -0.2) is 43.1 Å². The van der Waals surface area contributed by atoms with Crippen LogP contribution in [-0.2, 0) is 0 Å². The molecule has 19 heavy (non-hydrogen) atoms. The number of ether oxygens (including phenoxy) is 1. The number of fused-ring (bicyclic) bond motifs is 1. The number of likely N-dealkylation sites (tertiary alicyclic amines) is 1. The van der Waals surface area contributed by atoms with Crippen LogP contribution in [0.15, 0.2) is 24.3 Å². The van der Waals surface area contributed by atoms with E-state index in [9.17, 15) is 4.79 Å². The molecule has 2 aliphatic heterocycles. The maximum atomic E-state index is 12.7. The van der Waals surface area contributed by atoms with Gasteiger partial charge in [-0.25, -0.2) is 0 Å². The third kappa shape index (κ3) is 2.10. The van der Waals surface area contributed by atoms with E-state index in [-0.39, 0.29) is 5.91 Å². The number of benzene rings is 1. The quantitative estimate of drug-likeness (QED) is 0.876. The fraction of sp³-hybridized carbons (Fsp3) is 0.533. The predicted molar refractivity (Wildman–Crippen MR) is 73.4 cm³/mol. The van der Waals surface area contributed by atoms with Crippen molar-refractivity contribution in [1.29, 1.82) is 0 Å². The van der Waals surface area contributed by atoms with Gasteiger partial charge in [-0.05, 0) is 43.5 Å². The summed E-state index contributed by atoms with van der Waals surface area (Å²) in [7, 11) is 1.63. The summed E-state index contributed by atoms with van der Waals surface area (Å²) in [5.74, 6) is 1.55. The van der Waals surface area contributed by atoms with E-state index < -0.39 is 0 Å². The number of nitrogens with zero attached hydrogens (tertiary/aromatic N) is 1. The van der Waals surface area contributed by atoms with Crippen LogP contribution in [0.3, 0.4) is 0 Å². The highest BCUT2D eigenvalue weighted by molar-refractivity contribution is 5.95. The van der Waals surface area contributed by atoms with Crippen LogP contribution in [0.2, 0.25) is 0 Å². The van der Waals surface area contributed by atoms with Crippen molar-refractivity contribution in [2.75, 3.05) is 20.2 Å². The van der Waals surface area contributed by atoms with Crippen molar-refractivity contribution in [2.24, 2.45) is 5.92 Å². The summed E-state index contributed by atoms with van der Waals surface area (Å²) in [6, 6.07) is 8.10. The lowest BCUT2D eigenvalue weighted by atomic mass is 10.0. The molecule has 0 saturated carbocycles. The molecule has 3 unspecified atom stereocenters. The lowest BCUT2D eigenvalue weighted by molar-refractivity contribution is 0.0682. The summed E-state index contributed by atoms with van der Waals surface area (Å²) >= 11 is 0. The molecule has 2 fully saturated rings. The SMILES string of the molecule is COc1ccc(C(=O)N2C(C)CC3CNCC32)cc1. The van der Waals surface area contributed by atoms with Gasteiger partial charge in [0.2, 0.25) is 0 Å². The number of amides is 1. The first-order valence-corrected chi connectivity index (χ1v) is 6.88. The molecule has 2 saturated heterocycles. The molecule has 2 aliphatic rings. The van der Waals surface area contributed by atoms with Gasteiger partial charge in [0.15, 0.2) is 0 Å². The second-order valence-corrected chi connectivity index (χ2v) is 5.51. The largest absolute Gasteiger partial charge is 0.497 e. The summed E-state index contributed by atoms with van der Waals surface area (Å²) in [6.45, 7) is 4.12. The van der Waals surface area contributed by atoms with Crippen LogP contribution < -0.4 is 10.1 Å². The molecule has 0 aromatic heterocycles. The van der Waals surface area contributed by atoms with Crippen LogP contribution >= 0.6 is 0 Å². The predicted octanol–water partition coefficient (Wildman–Crippen LogP) is 1.52. The number of carbonyl (C=O) groups excluding carboxylic acids is 1. The van der Waals surface area contributed by atoms with Crippen molar-refractivity contribution >= 4 is 5.91 Å². The molecular weight excluding hydrogens is 240 g/mol. The number of hydrogen-bond donors (Lipinski definition) is 1. The van der Waals surface area contributed by atoms with E-state index in [1.54, 1.807) is 7.11 Å². The lowest BCUT2D eigenvalue weighted by Gasteiger charge is -2.27. The highest BCUT2D eigenvalue weighted by Gasteiger charge is 2.44. The molecular formula is C15H20N2O2. The lowest BCUT2D eigenvalue weighted by Crippen LogP contribution is -2.42. The average Bonchev–Trinajstić information content (AvgIpc) is 2.98. The Kier molecular flexibility index (Phi) is 3.19. The monoisotopic (exact) mass is 260 g/mol. The Labute approximate surface area is 113 Å². The van der Waals surface area contributed by atoms with Gasteiger partial charge < -0.3 is 15.0 Å². The maximum Gasteiger partial charge on any atom is 0.254 e. The zero-order chi connectivity index (χ0) is 13.4. The number of nitrogens with one attached hydrogen (secondary N) is 1. The van der Waals surface area contributed by atoms with Crippen molar-refractivity contribution in [3.63, 3.8) is 0 Å². The first kappa shape index (κ1) is 12.5. The van der Waals surface area contributed by atoms with Gasteiger partial charge in [0, 0.05) is 30.7 Å². The fourth-order valence-corrected chi connectivity index (χ4v) is 3.40. The molecule has 102 valence electrons. The van der Waals surface area contributed by atoms with Gasteiger partial charge >= 0.3 is 0 Å². The second-order valence-electron chi connectivity index (χ2n) is 5.51. The highest BCUT2D eigenvalue weighted by atomic mass is 16.5. The molecule has 2 heterocycles. The number of carbonyl (C=O) groups is 1. The van der Waals surface area contributed by atoms with Crippen LogP contribution in [0.25, 0.3) is 0 Å². The van der Waals surface area contributed by atoms with E-state index >= 15 is 0 Å². The minimum atomic E-state index is 0.145.